The van der Waals surface area contributed by atoms with Crippen molar-refractivity contribution >= 4 is 0 Å². The molecule has 6 N–H and O–H groups in total. The molecule has 1 heterocycles. The highest BCUT2D eigenvalue weighted by atomic mass is 16.7. The summed E-state index contributed by atoms with van der Waals surface area (Å²) in [6.07, 6.45) is -7.94. The average Bonchev–Trinajstić information content (AvgIpc) is 2.34. The molecule has 1 aliphatic rings. The molecular weight excluding hydrogens is 236 g/mol. The minimum Gasteiger partial charge on any atom is -0.394 e. The first-order valence-corrected chi connectivity index (χ1v) is 5.22. The number of hydrogen-bond acceptors (Lipinski definition) is 8. The molecule has 0 saturated carbocycles. The summed E-state index contributed by atoms with van der Waals surface area (Å²) in [4.78, 5) is 0. The predicted octanol–water partition coefficient (Wildman–Crippen LogP) is -3.84. The Morgan fingerprint density at radius 3 is 2.24 bits per heavy atom. The van der Waals surface area contributed by atoms with Crippen LogP contribution in [0.3, 0.4) is 0 Å². The molecule has 0 amide bonds. The van der Waals surface area contributed by atoms with Gasteiger partial charge in [-0.15, -0.1) is 0 Å². The second-order valence-electron chi connectivity index (χ2n) is 3.87. The molecule has 0 aromatic rings. The first kappa shape index (κ1) is 14.7. The second-order valence-corrected chi connectivity index (χ2v) is 3.87. The zero-order valence-corrected chi connectivity index (χ0v) is 9.09. The Morgan fingerprint density at radius 1 is 1.06 bits per heavy atom. The van der Waals surface area contributed by atoms with Crippen molar-refractivity contribution in [2.45, 2.75) is 36.8 Å². The molecule has 3 unspecified atom stereocenters. The van der Waals surface area contributed by atoms with Crippen molar-refractivity contribution in [2.75, 3.05) is 19.8 Å². The molecule has 8 nitrogen and oxygen atoms in total. The molecule has 1 aliphatic heterocycles. The molecule has 8 heteroatoms. The maximum absolute atomic E-state index is 9.52. The van der Waals surface area contributed by atoms with E-state index in [9.17, 15) is 15.3 Å². The Bertz CT molecular complexity index is 223. The summed E-state index contributed by atoms with van der Waals surface area (Å²) in [5, 5.41) is 54.9. The van der Waals surface area contributed by atoms with Gasteiger partial charge in [0.15, 0.2) is 6.29 Å². The third-order valence-corrected chi connectivity index (χ3v) is 2.51. The van der Waals surface area contributed by atoms with Crippen LogP contribution in [0.15, 0.2) is 0 Å². The van der Waals surface area contributed by atoms with Gasteiger partial charge in [-0.25, -0.2) is 0 Å². The SMILES string of the molecule is OCC(O)CO[C@@H]1OC(CO)[C@@H](O)C(O)[C@@H]1O. The molecule has 1 fully saturated rings. The van der Waals surface area contributed by atoms with Crippen LogP contribution in [-0.4, -0.2) is 87.3 Å². The van der Waals surface area contributed by atoms with Gasteiger partial charge in [-0.05, 0) is 0 Å². The van der Waals surface area contributed by atoms with Gasteiger partial charge in [-0.2, -0.15) is 0 Å². The molecule has 0 aromatic heterocycles. The second kappa shape index (κ2) is 6.57. The summed E-state index contributed by atoms with van der Waals surface area (Å²) < 4.78 is 9.93. The minimum absolute atomic E-state index is 0.306. The Labute approximate surface area is 97.6 Å². The molecule has 0 bridgehead atoms. The van der Waals surface area contributed by atoms with Crippen LogP contribution in [0.25, 0.3) is 0 Å². The quantitative estimate of drug-likeness (QED) is 0.293. The highest BCUT2D eigenvalue weighted by molar-refractivity contribution is 4.88. The lowest BCUT2D eigenvalue weighted by atomic mass is 9.99. The summed E-state index contributed by atoms with van der Waals surface area (Å²) in [5.41, 5.74) is 0. The van der Waals surface area contributed by atoms with E-state index in [4.69, 9.17) is 24.8 Å². The molecule has 0 aromatic carbocycles. The third kappa shape index (κ3) is 3.57. The fourth-order valence-corrected chi connectivity index (χ4v) is 1.46. The standard InChI is InChI=1S/C9H18O8/c10-1-4(12)3-16-9-8(15)7(14)6(13)5(2-11)17-9/h4-15H,1-3H2/t4?,5?,6-,7?,8+,9-/m1/s1. The van der Waals surface area contributed by atoms with Gasteiger partial charge in [0.25, 0.3) is 0 Å². The van der Waals surface area contributed by atoms with E-state index in [1.165, 1.54) is 0 Å². The molecule has 1 rings (SSSR count). The zero-order chi connectivity index (χ0) is 13.0. The average molecular weight is 254 g/mol. The van der Waals surface area contributed by atoms with E-state index >= 15 is 0 Å². The van der Waals surface area contributed by atoms with Gasteiger partial charge >= 0.3 is 0 Å². The summed E-state index contributed by atoms with van der Waals surface area (Å²) in [5.74, 6) is 0. The van der Waals surface area contributed by atoms with E-state index in [2.05, 4.69) is 0 Å². The molecule has 102 valence electrons. The Kier molecular flexibility index (Phi) is 5.70. The van der Waals surface area contributed by atoms with E-state index in [0.717, 1.165) is 0 Å². The molecule has 0 radical (unpaired) electrons. The fraction of sp³-hybridized carbons (Fsp3) is 1.00. The molecule has 0 spiro atoms. The number of aliphatic hydroxyl groups excluding tert-OH is 6. The van der Waals surface area contributed by atoms with Gasteiger partial charge in [0, 0.05) is 0 Å². The van der Waals surface area contributed by atoms with E-state index < -0.39 is 50.0 Å². The summed E-state index contributed by atoms with van der Waals surface area (Å²) in [7, 11) is 0. The van der Waals surface area contributed by atoms with E-state index in [-0.39, 0.29) is 6.61 Å². The third-order valence-electron chi connectivity index (χ3n) is 2.51. The van der Waals surface area contributed by atoms with Crippen LogP contribution in [0.5, 0.6) is 0 Å². The lowest BCUT2D eigenvalue weighted by molar-refractivity contribution is -0.304. The topological polar surface area (TPSA) is 140 Å². The van der Waals surface area contributed by atoms with Crippen LogP contribution in [0.1, 0.15) is 0 Å². The van der Waals surface area contributed by atoms with Crippen molar-refractivity contribution in [3.8, 4) is 0 Å². The van der Waals surface area contributed by atoms with Crippen LogP contribution in [-0.2, 0) is 9.47 Å². The number of hydrogen-bond donors (Lipinski definition) is 6. The van der Waals surface area contributed by atoms with Crippen LogP contribution in [0.4, 0.5) is 0 Å². The van der Waals surface area contributed by atoms with Gasteiger partial charge in [-0.3, -0.25) is 0 Å². The summed E-state index contributed by atoms with van der Waals surface area (Å²) in [6, 6.07) is 0. The number of aliphatic hydroxyl groups is 6. The number of rotatable bonds is 5. The van der Waals surface area contributed by atoms with Crippen molar-refractivity contribution in [1.29, 1.82) is 0 Å². The molecule has 17 heavy (non-hydrogen) atoms. The van der Waals surface area contributed by atoms with Gasteiger partial charge < -0.3 is 40.1 Å². The van der Waals surface area contributed by atoms with Crippen molar-refractivity contribution in [3.05, 3.63) is 0 Å². The maximum Gasteiger partial charge on any atom is 0.186 e. The van der Waals surface area contributed by atoms with E-state index in [1.807, 2.05) is 0 Å². The van der Waals surface area contributed by atoms with Crippen molar-refractivity contribution in [1.82, 2.24) is 0 Å². The highest BCUT2D eigenvalue weighted by Gasteiger charge is 2.44. The van der Waals surface area contributed by atoms with Gasteiger partial charge in [0.1, 0.15) is 30.5 Å². The Balaban J connectivity index is 2.53. The van der Waals surface area contributed by atoms with E-state index in [0.29, 0.717) is 0 Å². The smallest absolute Gasteiger partial charge is 0.186 e. The summed E-state index contributed by atoms with van der Waals surface area (Å²) >= 11 is 0. The lowest BCUT2D eigenvalue weighted by Crippen LogP contribution is -2.59. The first-order valence-electron chi connectivity index (χ1n) is 5.22. The molecule has 6 atom stereocenters. The van der Waals surface area contributed by atoms with Gasteiger partial charge in [-0.1, -0.05) is 0 Å². The Morgan fingerprint density at radius 2 is 1.71 bits per heavy atom. The zero-order valence-electron chi connectivity index (χ0n) is 9.09. The van der Waals surface area contributed by atoms with Crippen LogP contribution in [0, 0.1) is 0 Å². The highest BCUT2D eigenvalue weighted by Crippen LogP contribution is 2.21. The molecular formula is C9H18O8. The maximum atomic E-state index is 9.52. The largest absolute Gasteiger partial charge is 0.394 e. The lowest BCUT2D eigenvalue weighted by Gasteiger charge is -2.39. The van der Waals surface area contributed by atoms with Crippen LogP contribution < -0.4 is 0 Å². The van der Waals surface area contributed by atoms with Crippen LogP contribution >= 0.6 is 0 Å². The predicted molar refractivity (Wildman–Crippen MR) is 52.8 cm³/mol. The van der Waals surface area contributed by atoms with Gasteiger partial charge in [0.2, 0.25) is 0 Å². The van der Waals surface area contributed by atoms with Crippen LogP contribution in [0.2, 0.25) is 0 Å². The first-order chi connectivity index (χ1) is 8.01. The molecule has 0 aliphatic carbocycles. The Hall–Kier alpha value is -0.320. The molecule has 1 saturated heterocycles. The van der Waals surface area contributed by atoms with E-state index in [1.54, 1.807) is 0 Å². The fourth-order valence-electron chi connectivity index (χ4n) is 1.46. The monoisotopic (exact) mass is 254 g/mol. The van der Waals surface area contributed by atoms with Crippen molar-refractivity contribution < 1.29 is 40.1 Å². The summed E-state index contributed by atoms with van der Waals surface area (Å²) in [6.45, 7) is -1.37. The van der Waals surface area contributed by atoms with Crippen molar-refractivity contribution in [3.63, 3.8) is 0 Å². The van der Waals surface area contributed by atoms with Gasteiger partial charge in [0.05, 0.1) is 19.8 Å². The minimum atomic E-state index is -1.52. The van der Waals surface area contributed by atoms with Crippen molar-refractivity contribution in [2.24, 2.45) is 0 Å². The normalized spacial score (nSPS) is 40.2. The number of ether oxygens (including phenoxy) is 2.